The summed E-state index contributed by atoms with van der Waals surface area (Å²) in [4.78, 5) is 33.9. The van der Waals surface area contributed by atoms with Gasteiger partial charge in [0.05, 0.1) is 38.4 Å². The molecule has 4 aromatic rings. The monoisotopic (exact) mass is 497 g/mol. The van der Waals surface area contributed by atoms with Crippen LogP contribution in [0.2, 0.25) is 10.0 Å². The Morgan fingerprint density at radius 1 is 1.18 bits per heavy atom. The number of para-hydroxylation sites is 1. The number of aryl methyl sites for hydroxylation is 1. The van der Waals surface area contributed by atoms with Crippen molar-refractivity contribution in [2.75, 3.05) is 12.8 Å². The molecule has 3 heterocycles. The van der Waals surface area contributed by atoms with Crippen LogP contribution >= 0.6 is 35.0 Å². The number of fused-ring (bicyclic) bond motifs is 1. The molecule has 6 nitrogen and oxygen atoms in total. The lowest BCUT2D eigenvalue weighted by Crippen LogP contribution is -2.31. The quantitative estimate of drug-likeness (QED) is 0.333. The number of nitrogens with zero attached hydrogens (tertiary/aromatic N) is 4. The number of halogens is 2. The molecule has 2 aromatic carbocycles. The number of imidazole rings is 1. The molecule has 2 aromatic heterocycles. The molecular formula is C24H21Cl2N5OS. The number of carbonyl (C=O) groups is 1. The fraction of sp³-hybridized carbons (Fsp3) is 0.250. The largest absolute Gasteiger partial charge is 0.339 e. The van der Waals surface area contributed by atoms with E-state index in [2.05, 4.69) is 21.0 Å². The summed E-state index contributed by atoms with van der Waals surface area (Å²) in [6, 6.07) is 11.2. The molecular weight excluding hydrogens is 477 g/mol. The molecule has 0 unspecified atom stereocenters. The lowest BCUT2D eigenvalue weighted by Gasteiger charge is -2.24. The second-order valence-corrected chi connectivity index (χ2v) is 9.60. The Morgan fingerprint density at radius 3 is 2.82 bits per heavy atom. The van der Waals surface area contributed by atoms with Crippen molar-refractivity contribution < 1.29 is 4.79 Å². The summed E-state index contributed by atoms with van der Waals surface area (Å²) >= 11 is 14.0. The second kappa shape index (κ2) is 8.97. The van der Waals surface area contributed by atoms with E-state index in [1.165, 1.54) is 0 Å². The van der Waals surface area contributed by atoms with Crippen molar-refractivity contribution in [3.63, 3.8) is 0 Å². The molecule has 33 heavy (non-hydrogen) atoms. The van der Waals surface area contributed by atoms with Crippen LogP contribution in [0, 0.1) is 6.92 Å². The Balaban J connectivity index is 1.54. The summed E-state index contributed by atoms with van der Waals surface area (Å²) in [7, 11) is 0. The number of likely N-dealkylation sites (tertiary alicyclic amines) is 1. The third kappa shape index (κ3) is 4.09. The van der Waals surface area contributed by atoms with Crippen molar-refractivity contribution in [3.05, 3.63) is 69.9 Å². The molecule has 9 heteroatoms. The van der Waals surface area contributed by atoms with Crippen LogP contribution in [0.5, 0.6) is 0 Å². The number of nitrogens with one attached hydrogen (secondary N) is 1. The van der Waals surface area contributed by atoms with Crippen LogP contribution in [-0.2, 0) is 0 Å². The van der Waals surface area contributed by atoms with Crippen molar-refractivity contribution in [1.82, 2.24) is 24.8 Å². The molecule has 0 radical (unpaired) electrons. The van der Waals surface area contributed by atoms with Gasteiger partial charge >= 0.3 is 0 Å². The molecule has 168 valence electrons. The lowest BCUT2D eigenvalue weighted by molar-refractivity contribution is 0.0730. The molecule has 0 saturated carbocycles. The van der Waals surface area contributed by atoms with Crippen molar-refractivity contribution in [2.45, 2.75) is 30.7 Å². The Bertz CT molecular complexity index is 1370. The molecule has 0 bridgehead atoms. The molecule has 0 spiro atoms. The van der Waals surface area contributed by atoms with Gasteiger partial charge in [-0.3, -0.25) is 4.79 Å². The average Bonchev–Trinajstić information content (AvgIpc) is 3.47. The zero-order valence-electron chi connectivity index (χ0n) is 18.1. The topological polar surface area (TPSA) is 74.8 Å². The maximum Gasteiger partial charge on any atom is 0.258 e. The smallest absolute Gasteiger partial charge is 0.258 e. The predicted molar refractivity (Wildman–Crippen MR) is 133 cm³/mol. The normalized spacial score (nSPS) is 16.0. The molecule has 1 saturated heterocycles. The van der Waals surface area contributed by atoms with Gasteiger partial charge in [-0.15, -0.1) is 11.8 Å². The Morgan fingerprint density at radius 2 is 2.03 bits per heavy atom. The van der Waals surface area contributed by atoms with E-state index < -0.39 is 0 Å². The number of rotatable bonds is 4. The van der Waals surface area contributed by atoms with Crippen molar-refractivity contribution in [1.29, 1.82) is 0 Å². The first-order valence-electron chi connectivity index (χ1n) is 10.6. The summed E-state index contributed by atoms with van der Waals surface area (Å²) < 4.78 is 0. The third-order valence-corrected chi connectivity index (χ3v) is 7.40. The van der Waals surface area contributed by atoms with E-state index in [0.29, 0.717) is 33.7 Å². The minimum absolute atomic E-state index is 0.121. The number of benzene rings is 2. The first kappa shape index (κ1) is 22.2. The van der Waals surface area contributed by atoms with Crippen molar-refractivity contribution in [3.8, 4) is 11.3 Å². The van der Waals surface area contributed by atoms with Crippen LogP contribution in [0.4, 0.5) is 0 Å². The molecule has 1 aliphatic rings. The Labute approximate surface area is 205 Å². The molecule has 1 fully saturated rings. The van der Waals surface area contributed by atoms with Crippen LogP contribution in [0.25, 0.3) is 22.3 Å². The SMILES string of the molecule is CSc1cccc2nc([C@@H]3CCCN3C(=O)c3cnc(C)nc3-c3ccc(Cl)c(Cl)c3)[nH]c12. The maximum absolute atomic E-state index is 13.8. The van der Waals surface area contributed by atoms with Gasteiger partial charge in [0.1, 0.15) is 11.6 Å². The number of carbonyl (C=O) groups excluding carboxylic acids is 1. The standard InChI is InChI=1S/C24H21Cl2N5OS/c1-13-27-12-15(21(28-13)14-8-9-16(25)17(26)11-14)24(32)31-10-4-6-19(31)23-29-18-5-3-7-20(33-2)22(18)30-23/h3,5,7-9,11-12,19H,4,6,10H2,1-2H3,(H,29,30)/t19-/m0/s1. The van der Waals surface area contributed by atoms with Gasteiger partial charge in [0, 0.05) is 23.2 Å². The molecule has 1 amide bonds. The number of hydrogen-bond acceptors (Lipinski definition) is 5. The van der Waals surface area contributed by atoms with Gasteiger partial charge in [-0.1, -0.05) is 35.3 Å². The number of aromatic nitrogens is 4. The lowest BCUT2D eigenvalue weighted by atomic mass is 10.1. The van der Waals surface area contributed by atoms with E-state index in [1.807, 2.05) is 29.4 Å². The highest BCUT2D eigenvalue weighted by Crippen LogP contribution is 2.36. The van der Waals surface area contributed by atoms with Gasteiger partial charge < -0.3 is 9.88 Å². The first-order valence-corrected chi connectivity index (χ1v) is 12.6. The van der Waals surface area contributed by atoms with E-state index in [9.17, 15) is 4.79 Å². The van der Waals surface area contributed by atoms with E-state index in [0.717, 1.165) is 40.2 Å². The fourth-order valence-electron chi connectivity index (χ4n) is 4.29. The van der Waals surface area contributed by atoms with Gasteiger partial charge in [-0.05, 0) is 50.3 Å². The zero-order valence-corrected chi connectivity index (χ0v) is 20.4. The van der Waals surface area contributed by atoms with Crippen LogP contribution in [0.1, 0.15) is 40.9 Å². The number of amides is 1. The van der Waals surface area contributed by atoms with E-state index >= 15 is 0 Å². The Hall–Kier alpha value is -2.61. The number of H-pyrrole nitrogens is 1. The Kier molecular flexibility index (Phi) is 6.03. The van der Waals surface area contributed by atoms with Crippen LogP contribution < -0.4 is 0 Å². The summed E-state index contributed by atoms with van der Waals surface area (Å²) in [5.74, 6) is 1.26. The number of hydrogen-bond donors (Lipinski definition) is 1. The zero-order chi connectivity index (χ0) is 23.1. The van der Waals surface area contributed by atoms with Gasteiger partial charge in [0.25, 0.3) is 5.91 Å². The second-order valence-electron chi connectivity index (χ2n) is 7.94. The van der Waals surface area contributed by atoms with Crippen molar-refractivity contribution in [2.24, 2.45) is 0 Å². The number of thioether (sulfide) groups is 1. The minimum Gasteiger partial charge on any atom is -0.339 e. The van der Waals surface area contributed by atoms with Gasteiger partial charge in [-0.2, -0.15) is 0 Å². The average molecular weight is 498 g/mol. The molecule has 1 atom stereocenters. The highest BCUT2D eigenvalue weighted by molar-refractivity contribution is 7.98. The maximum atomic E-state index is 13.8. The van der Waals surface area contributed by atoms with Crippen molar-refractivity contribution >= 4 is 51.9 Å². The molecule has 1 aliphatic heterocycles. The first-order chi connectivity index (χ1) is 16.0. The van der Waals surface area contributed by atoms with E-state index in [4.69, 9.17) is 28.2 Å². The highest BCUT2D eigenvalue weighted by atomic mass is 35.5. The van der Waals surface area contributed by atoms with Gasteiger partial charge in [0.2, 0.25) is 0 Å². The predicted octanol–water partition coefficient (Wildman–Crippen LogP) is 6.33. The van der Waals surface area contributed by atoms with Crippen LogP contribution in [0.15, 0.2) is 47.5 Å². The highest BCUT2D eigenvalue weighted by Gasteiger charge is 2.34. The fourth-order valence-corrected chi connectivity index (χ4v) is 5.16. The number of aromatic amines is 1. The third-order valence-electron chi connectivity index (χ3n) is 5.88. The molecule has 5 rings (SSSR count). The summed E-state index contributed by atoms with van der Waals surface area (Å²) in [5, 5.41) is 0.864. The van der Waals surface area contributed by atoms with Crippen LogP contribution in [0.3, 0.4) is 0 Å². The summed E-state index contributed by atoms with van der Waals surface area (Å²) in [6.07, 6.45) is 5.39. The molecule has 1 N–H and O–H groups in total. The van der Waals surface area contributed by atoms with E-state index in [-0.39, 0.29) is 11.9 Å². The van der Waals surface area contributed by atoms with Crippen LogP contribution in [-0.4, -0.2) is 43.5 Å². The van der Waals surface area contributed by atoms with Gasteiger partial charge in [0.15, 0.2) is 0 Å². The summed E-state index contributed by atoms with van der Waals surface area (Å²) in [6.45, 7) is 2.44. The molecule has 0 aliphatic carbocycles. The van der Waals surface area contributed by atoms with E-state index in [1.54, 1.807) is 37.0 Å². The van der Waals surface area contributed by atoms with Gasteiger partial charge in [-0.25, -0.2) is 15.0 Å². The minimum atomic E-state index is -0.137. The summed E-state index contributed by atoms with van der Waals surface area (Å²) in [5.41, 5.74) is 3.63.